The number of fused-ring (bicyclic) bond motifs is 2. The maximum Gasteiger partial charge on any atom is 0.259 e. The molecule has 0 radical (unpaired) electrons. The molecule has 5 rings (SSSR count). The quantitative estimate of drug-likeness (QED) is 0.391. The van der Waals surface area contributed by atoms with E-state index in [0.29, 0.717) is 29.5 Å². The molecule has 5 aromatic rings. The van der Waals surface area contributed by atoms with Gasteiger partial charge in [0, 0.05) is 47.4 Å². The van der Waals surface area contributed by atoms with Crippen molar-refractivity contribution in [3.8, 4) is 11.5 Å². The van der Waals surface area contributed by atoms with Gasteiger partial charge in [0.05, 0.1) is 14.2 Å². The highest BCUT2D eigenvalue weighted by Gasteiger charge is 2.24. The fourth-order valence-electron chi connectivity index (χ4n) is 4.31. The average molecular weight is 441 g/mol. The van der Waals surface area contributed by atoms with Crippen molar-refractivity contribution in [1.82, 2.24) is 14.4 Å². The van der Waals surface area contributed by atoms with Crippen molar-refractivity contribution in [2.45, 2.75) is 5.92 Å². The van der Waals surface area contributed by atoms with Gasteiger partial charge in [0.25, 0.3) is 5.56 Å². The Morgan fingerprint density at radius 2 is 1.85 bits per heavy atom. The van der Waals surface area contributed by atoms with E-state index in [4.69, 9.17) is 9.47 Å². The van der Waals surface area contributed by atoms with Crippen LogP contribution in [0.1, 0.15) is 17.0 Å². The third-order valence-corrected chi connectivity index (χ3v) is 5.86. The van der Waals surface area contributed by atoms with Crippen molar-refractivity contribution >= 4 is 22.4 Å². The molecule has 0 aliphatic rings. The summed E-state index contributed by atoms with van der Waals surface area (Å²) in [6.07, 6.45) is 3.74. The minimum atomic E-state index is -0.134. The van der Waals surface area contributed by atoms with Gasteiger partial charge in [0.1, 0.15) is 11.5 Å². The summed E-state index contributed by atoms with van der Waals surface area (Å²) in [7, 11) is 3.28. The van der Waals surface area contributed by atoms with Crippen molar-refractivity contribution in [3.63, 3.8) is 0 Å². The summed E-state index contributed by atoms with van der Waals surface area (Å²) in [5.41, 5.74) is 3.61. The Balaban J connectivity index is 1.59. The van der Waals surface area contributed by atoms with Crippen molar-refractivity contribution in [2.75, 3.05) is 26.1 Å². The molecule has 0 aliphatic heterocycles. The minimum Gasteiger partial charge on any atom is -0.493 e. The highest BCUT2D eigenvalue weighted by molar-refractivity contribution is 5.84. The Kier molecular flexibility index (Phi) is 5.44. The molecule has 0 saturated heterocycles. The molecule has 3 aromatic heterocycles. The van der Waals surface area contributed by atoms with E-state index in [1.807, 2.05) is 54.7 Å². The molecule has 1 unspecified atom stereocenters. The number of aromatic amines is 1. The Bertz CT molecular complexity index is 1490. The maximum absolute atomic E-state index is 12.5. The molecular formula is C26H24N4O3. The summed E-state index contributed by atoms with van der Waals surface area (Å²) in [5.74, 6) is 1.78. The van der Waals surface area contributed by atoms with Gasteiger partial charge in [-0.3, -0.25) is 9.20 Å². The lowest BCUT2D eigenvalue weighted by Gasteiger charge is -2.22. The van der Waals surface area contributed by atoms with Crippen LogP contribution < -0.4 is 20.3 Å². The second-order valence-corrected chi connectivity index (χ2v) is 7.71. The predicted octanol–water partition coefficient (Wildman–Crippen LogP) is 4.44. The van der Waals surface area contributed by atoms with Crippen LogP contribution in [0.25, 0.3) is 16.6 Å². The second-order valence-electron chi connectivity index (χ2n) is 7.71. The maximum atomic E-state index is 12.5. The smallest absolute Gasteiger partial charge is 0.259 e. The lowest BCUT2D eigenvalue weighted by molar-refractivity contribution is 0.350. The summed E-state index contributed by atoms with van der Waals surface area (Å²) in [6.45, 7) is 0.501. The van der Waals surface area contributed by atoms with Crippen LogP contribution in [0.15, 0.2) is 83.9 Å². The number of ether oxygens (including phenoxy) is 2. The molecule has 2 N–H and O–H groups in total. The van der Waals surface area contributed by atoms with E-state index in [1.54, 1.807) is 20.4 Å². The molecule has 0 amide bonds. The molecule has 166 valence electrons. The number of anilines is 1. The molecule has 33 heavy (non-hydrogen) atoms. The number of rotatable bonds is 7. The first-order valence-electron chi connectivity index (χ1n) is 10.7. The third-order valence-electron chi connectivity index (χ3n) is 5.86. The summed E-state index contributed by atoms with van der Waals surface area (Å²) >= 11 is 0. The van der Waals surface area contributed by atoms with Crippen LogP contribution in [0.5, 0.6) is 11.5 Å². The van der Waals surface area contributed by atoms with Crippen molar-refractivity contribution < 1.29 is 9.47 Å². The van der Waals surface area contributed by atoms with E-state index in [9.17, 15) is 4.79 Å². The van der Waals surface area contributed by atoms with Crippen molar-refractivity contribution in [2.24, 2.45) is 0 Å². The number of hydrogen-bond acceptors (Lipinski definition) is 5. The van der Waals surface area contributed by atoms with Crippen LogP contribution in [0, 0.1) is 0 Å². The number of methoxy groups -OCH3 is 2. The summed E-state index contributed by atoms with van der Waals surface area (Å²) in [6, 6.07) is 21.1. The van der Waals surface area contributed by atoms with Gasteiger partial charge in [0.2, 0.25) is 0 Å². The van der Waals surface area contributed by atoms with Gasteiger partial charge in [-0.15, -0.1) is 0 Å². The normalized spacial score (nSPS) is 12.1. The molecule has 0 aliphatic carbocycles. The molecule has 0 saturated carbocycles. The SMILES string of the molecule is COc1cccc(C(CNc2cc(=O)n3ccccc3n2)c2c[nH]c3ccccc23)c1OC. The lowest BCUT2D eigenvalue weighted by Crippen LogP contribution is -2.19. The largest absolute Gasteiger partial charge is 0.493 e. The number of H-pyrrole nitrogens is 1. The standard InChI is InChI=1S/C26H24N4O3/c1-32-22-11-7-9-18(26(22)33-2)20(19-15-27-21-10-4-3-8-17(19)21)16-28-23-14-25(31)30-13-6-5-12-24(30)29-23/h3-15,20,27-28H,16H2,1-2H3. The van der Waals surface area contributed by atoms with Crippen molar-refractivity contribution in [3.05, 3.63) is 101 Å². The van der Waals surface area contributed by atoms with Gasteiger partial charge < -0.3 is 19.8 Å². The van der Waals surface area contributed by atoms with Crippen LogP contribution in [-0.4, -0.2) is 35.1 Å². The highest BCUT2D eigenvalue weighted by atomic mass is 16.5. The zero-order chi connectivity index (χ0) is 22.8. The Morgan fingerprint density at radius 1 is 1.00 bits per heavy atom. The molecule has 7 heteroatoms. The van der Waals surface area contributed by atoms with Crippen LogP contribution in [0.2, 0.25) is 0 Å². The zero-order valence-electron chi connectivity index (χ0n) is 18.4. The molecule has 0 bridgehead atoms. The molecule has 0 spiro atoms. The van der Waals surface area contributed by atoms with Gasteiger partial charge in [-0.2, -0.15) is 0 Å². The van der Waals surface area contributed by atoms with Gasteiger partial charge in [-0.25, -0.2) is 4.98 Å². The van der Waals surface area contributed by atoms with E-state index in [2.05, 4.69) is 27.4 Å². The fourth-order valence-corrected chi connectivity index (χ4v) is 4.31. The summed E-state index contributed by atoms with van der Waals surface area (Å²) in [4.78, 5) is 20.5. The van der Waals surface area contributed by atoms with Gasteiger partial charge in [-0.1, -0.05) is 36.4 Å². The Morgan fingerprint density at radius 3 is 2.70 bits per heavy atom. The molecule has 1 atom stereocenters. The van der Waals surface area contributed by atoms with E-state index < -0.39 is 0 Å². The first-order valence-corrected chi connectivity index (χ1v) is 10.7. The average Bonchev–Trinajstić information content (AvgIpc) is 3.28. The number of nitrogens with zero attached hydrogens (tertiary/aromatic N) is 2. The molecule has 7 nitrogen and oxygen atoms in total. The molecular weight excluding hydrogens is 416 g/mol. The first-order chi connectivity index (χ1) is 16.2. The number of pyridine rings is 1. The van der Waals surface area contributed by atoms with Crippen LogP contribution in [0.4, 0.5) is 5.82 Å². The summed E-state index contributed by atoms with van der Waals surface area (Å²) < 4.78 is 12.8. The first kappa shape index (κ1) is 20.6. The number of hydrogen-bond donors (Lipinski definition) is 2. The number of benzene rings is 2. The minimum absolute atomic E-state index is 0.0952. The topological polar surface area (TPSA) is 80.6 Å². The summed E-state index contributed by atoms with van der Waals surface area (Å²) in [5, 5.41) is 4.51. The predicted molar refractivity (Wildman–Crippen MR) is 130 cm³/mol. The van der Waals surface area contributed by atoms with E-state index in [1.165, 1.54) is 10.5 Å². The molecule has 3 heterocycles. The Hall–Kier alpha value is -4.26. The van der Waals surface area contributed by atoms with E-state index in [-0.39, 0.29) is 11.5 Å². The van der Waals surface area contributed by atoms with Crippen molar-refractivity contribution in [1.29, 1.82) is 0 Å². The monoisotopic (exact) mass is 440 g/mol. The zero-order valence-corrected chi connectivity index (χ0v) is 18.4. The van der Waals surface area contributed by atoms with Gasteiger partial charge in [-0.05, 0) is 29.8 Å². The number of para-hydroxylation sites is 2. The van der Waals surface area contributed by atoms with Crippen LogP contribution in [-0.2, 0) is 0 Å². The molecule has 0 fully saturated rings. The number of aromatic nitrogens is 3. The van der Waals surface area contributed by atoms with Gasteiger partial charge >= 0.3 is 0 Å². The van der Waals surface area contributed by atoms with Gasteiger partial charge in [0.15, 0.2) is 11.5 Å². The third kappa shape index (κ3) is 3.78. The lowest BCUT2D eigenvalue weighted by atomic mass is 9.90. The second kappa shape index (κ2) is 8.70. The number of nitrogens with one attached hydrogen (secondary N) is 2. The highest BCUT2D eigenvalue weighted by Crippen LogP contribution is 2.40. The van der Waals surface area contributed by atoms with Crippen LogP contribution >= 0.6 is 0 Å². The fraction of sp³-hybridized carbons (Fsp3) is 0.154. The van der Waals surface area contributed by atoms with Crippen LogP contribution in [0.3, 0.4) is 0 Å². The van der Waals surface area contributed by atoms with E-state index >= 15 is 0 Å². The van der Waals surface area contributed by atoms with E-state index in [0.717, 1.165) is 22.0 Å². The Labute approximate surface area is 190 Å². The molecule has 2 aromatic carbocycles.